The molecule has 1 aromatic rings. The minimum Gasteiger partial charge on any atom is -0.339 e. The van der Waals surface area contributed by atoms with Crippen molar-refractivity contribution in [3.63, 3.8) is 0 Å². The van der Waals surface area contributed by atoms with Gasteiger partial charge in [-0.2, -0.15) is 0 Å². The van der Waals surface area contributed by atoms with Crippen molar-refractivity contribution in [2.75, 3.05) is 13.6 Å². The molecular formula is C11H17N3O. The molecule has 0 aromatic carbocycles. The summed E-state index contributed by atoms with van der Waals surface area (Å²) in [6.45, 7) is 2.58. The molecule has 2 N–H and O–H groups in total. The first kappa shape index (κ1) is 11.7. The average Bonchev–Trinajstić information content (AvgIpc) is 2.28. The van der Waals surface area contributed by atoms with E-state index in [2.05, 4.69) is 4.98 Å². The zero-order chi connectivity index (χ0) is 11.3. The molecule has 0 bridgehead atoms. The second-order valence-electron chi connectivity index (χ2n) is 3.58. The molecule has 0 saturated carbocycles. The Bertz CT molecular complexity index is 313. The maximum absolute atomic E-state index is 11.9. The fourth-order valence-corrected chi connectivity index (χ4v) is 1.33. The number of hydrogen-bond donors (Lipinski definition) is 1. The Balaban J connectivity index is 2.69. The lowest BCUT2D eigenvalue weighted by Gasteiger charge is -2.24. The van der Waals surface area contributed by atoms with Crippen molar-refractivity contribution < 1.29 is 4.79 Å². The van der Waals surface area contributed by atoms with Crippen molar-refractivity contribution in [1.82, 2.24) is 9.88 Å². The lowest BCUT2D eigenvalue weighted by atomic mass is 10.1. The van der Waals surface area contributed by atoms with E-state index in [-0.39, 0.29) is 11.9 Å². The summed E-state index contributed by atoms with van der Waals surface area (Å²) in [5, 5.41) is 0. The molecular weight excluding hydrogens is 190 g/mol. The van der Waals surface area contributed by atoms with Crippen LogP contribution in [0.5, 0.6) is 0 Å². The van der Waals surface area contributed by atoms with Gasteiger partial charge >= 0.3 is 0 Å². The van der Waals surface area contributed by atoms with Crippen molar-refractivity contribution in [3.8, 4) is 0 Å². The van der Waals surface area contributed by atoms with Crippen molar-refractivity contribution in [2.45, 2.75) is 19.4 Å². The number of hydrogen-bond acceptors (Lipinski definition) is 3. The molecule has 1 heterocycles. The molecule has 1 atom stereocenters. The molecule has 1 rings (SSSR count). The highest BCUT2D eigenvalue weighted by Crippen LogP contribution is 2.07. The third kappa shape index (κ3) is 3.02. The van der Waals surface area contributed by atoms with Crippen LogP contribution in [-0.4, -0.2) is 35.4 Å². The van der Waals surface area contributed by atoms with Gasteiger partial charge in [-0.3, -0.25) is 9.78 Å². The molecule has 0 spiro atoms. The molecule has 0 saturated heterocycles. The predicted molar refractivity (Wildman–Crippen MR) is 59.5 cm³/mol. The van der Waals surface area contributed by atoms with Gasteiger partial charge in [0.05, 0.1) is 0 Å². The Labute approximate surface area is 90.1 Å². The summed E-state index contributed by atoms with van der Waals surface area (Å²) in [5.74, 6) is 0.0124. The third-order valence-corrected chi connectivity index (χ3v) is 2.49. The number of carbonyl (C=O) groups is 1. The van der Waals surface area contributed by atoms with Gasteiger partial charge in [-0.25, -0.2) is 0 Å². The lowest BCUT2D eigenvalue weighted by Crippen LogP contribution is -2.36. The van der Waals surface area contributed by atoms with Crippen LogP contribution in [-0.2, 0) is 0 Å². The van der Waals surface area contributed by atoms with Gasteiger partial charge in [0.2, 0.25) is 0 Å². The van der Waals surface area contributed by atoms with Gasteiger partial charge < -0.3 is 10.6 Å². The van der Waals surface area contributed by atoms with Crippen LogP contribution in [0.3, 0.4) is 0 Å². The minimum atomic E-state index is 0.0124. The molecule has 1 aromatic heterocycles. The van der Waals surface area contributed by atoms with Gasteiger partial charge in [-0.05, 0) is 32.0 Å². The Kier molecular flexibility index (Phi) is 4.24. The predicted octanol–water partition coefficient (Wildman–Crippen LogP) is 0.891. The number of nitrogens with two attached hydrogens (primary N) is 1. The molecule has 15 heavy (non-hydrogen) atoms. The first-order valence-electron chi connectivity index (χ1n) is 5.04. The summed E-state index contributed by atoms with van der Waals surface area (Å²) < 4.78 is 0. The zero-order valence-electron chi connectivity index (χ0n) is 9.18. The molecule has 1 unspecified atom stereocenters. The molecule has 0 radical (unpaired) electrons. The second kappa shape index (κ2) is 5.46. The van der Waals surface area contributed by atoms with E-state index < -0.39 is 0 Å². The average molecular weight is 207 g/mol. The fourth-order valence-electron chi connectivity index (χ4n) is 1.33. The highest BCUT2D eigenvalue weighted by atomic mass is 16.2. The summed E-state index contributed by atoms with van der Waals surface area (Å²) in [6, 6.07) is 3.60. The first-order chi connectivity index (χ1) is 7.16. The molecule has 4 heteroatoms. The smallest absolute Gasteiger partial charge is 0.253 e. The molecule has 4 nitrogen and oxygen atoms in total. The van der Waals surface area contributed by atoms with E-state index in [0.29, 0.717) is 12.1 Å². The van der Waals surface area contributed by atoms with E-state index in [1.807, 2.05) is 6.92 Å². The van der Waals surface area contributed by atoms with Crippen LogP contribution in [0.2, 0.25) is 0 Å². The van der Waals surface area contributed by atoms with Gasteiger partial charge in [0.1, 0.15) is 0 Å². The highest BCUT2D eigenvalue weighted by molar-refractivity contribution is 5.94. The minimum absolute atomic E-state index is 0.0124. The van der Waals surface area contributed by atoms with E-state index in [1.54, 1.807) is 36.5 Å². The molecule has 82 valence electrons. The van der Waals surface area contributed by atoms with Crippen molar-refractivity contribution in [3.05, 3.63) is 30.1 Å². The number of amides is 1. The maximum atomic E-state index is 11.9. The Morgan fingerprint density at radius 1 is 1.53 bits per heavy atom. The van der Waals surface area contributed by atoms with E-state index in [0.717, 1.165) is 6.42 Å². The normalized spacial score (nSPS) is 12.2. The van der Waals surface area contributed by atoms with Crippen LogP contribution in [0.1, 0.15) is 23.7 Å². The monoisotopic (exact) mass is 207 g/mol. The maximum Gasteiger partial charge on any atom is 0.253 e. The molecule has 0 fully saturated rings. The summed E-state index contributed by atoms with van der Waals surface area (Å²) >= 11 is 0. The van der Waals surface area contributed by atoms with Gasteiger partial charge in [0.25, 0.3) is 5.91 Å². The molecule has 0 aliphatic carbocycles. The van der Waals surface area contributed by atoms with Crippen LogP contribution in [0.25, 0.3) is 0 Å². The van der Waals surface area contributed by atoms with Crippen LogP contribution in [0.4, 0.5) is 0 Å². The third-order valence-electron chi connectivity index (χ3n) is 2.49. The van der Waals surface area contributed by atoms with Crippen molar-refractivity contribution in [2.24, 2.45) is 5.73 Å². The van der Waals surface area contributed by atoms with Gasteiger partial charge in [-0.15, -0.1) is 0 Å². The first-order valence-corrected chi connectivity index (χ1v) is 5.04. The number of carbonyl (C=O) groups excluding carboxylic acids is 1. The molecule has 0 aliphatic rings. The zero-order valence-corrected chi connectivity index (χ0v) is 9.18. The van der Waals surface area contributed by atoms with Crippen molar-refractivity contribution >= 4 is 5.91 Å². The topological polar surface area (TPSA) is 59.2 Å². The van der Waals surface area contributed by atoms with Crippen LogP contribution < -0.4 is 5.73 Å². The van der Waals surface area contributed by atoms with Gasteiger partial charge in [0, 0.05) is 31.0 Å². The number of rotatable bonds is 4. The Morgan fingerprint density at radius 3 is 2.67 bits per heavy atom. The Hall–Kier alpha value is -1.42. The number of aromatic nitrogens is 1. The number of pyridine rings is 1. The largest absolute Gasteiger partial charge is 0.339 e. The van der Waals surface area contributed by atoms with E-state index in [1.165, 1.54) is 0 Å². The summed E-state index contributed by atoms with van der Waals surface area (Å²) in [5.41, 5.74) is 6.12. The summed E-state index contributed by atoms with van der Waals surface area (Å²) in [6.07, 6.45) is 4.05. The van der Waals surface area contributed by atoms with Gasteiger partial charge in [-0.1, -0.05) is 0 Å². The van der Waals surface area contributed by atoms with Crippen LogP contribution >= 0.6 is 0 Å². The number of nitrogens with zero attached hydrogens (tertiary/aromatic N) is 2. The van der Waals surface area contributed by atoms with E-state index in [4.69, 9.17) is 5.73 Å². The summed E-state index contributed by atoms with van der Waals surface area (Å²) in [4.78, 5) is 17.5. The van der Waals surface area contributed by atoms with E-state index in [9.17, 15) is 4.79 Å². The fraction of sp³-hybridized carbons (Fsp3) is 0.455. The Morgan fingerprint density at radius 2 is 2.13 bits per heavy atom. The standard InChI is InChI=1S/C11H17N3O/c1-9(3-6-12)14(2)11(15)10-4-7-13-8-5-10/h4-5,7-9H,3,6,12H2,1-2H3. The quantitative estimate of drug-likeness (QED) is 0.797. The SMILES string of the molecule is CC(CCN)N(C)C(=O)c1ccncc1. The van der Waals surface area contributed by atoms with Crippen LogP contribution in [0, 0.1) is 0 Å². The highest BCUT2D eigenvalue weighted by Gasteiger charge is 2.16. The summed E-state index contributed by atoms with van der Waals surface area (Å²) in [7, 11) is 1.79. The molecule has 0 aliphatic heterocycles. The second-order valence-corrected chi connectivity index (χ2v) is 3.58. The van der Waals surface area contributed by atoms with Crippen molar-refractivity contribution in [1.29, 1.82) is 0 Å². The van der Waals surface area contributed by atoms with E-state index >= 15 is 0 Å². The van der Waals surface area contributed by atoms with Gasteiger partial charge in [0.15, 0.2) is 0 Å². The molecule has 1 amide bonds. The lowest BCUT2D eigenvalue weighted by molar-refractivity contribution is 0.0739. The van der Waals surface area contributed by atoms with Crippen LogP contribution in [0.15, 0.2) is 24.5 Å².